The molecule has 180 valence electrons. The molecule has 0 aliphatic rings. The Bertz CT molecular complexity index is 1390. The second-order valence-electron chi connectivity index (χ2n) is 7.71. The Morgan fingerprint density at radius 2 is 1.60 bits per heavy atom. The Morgan fingerprint density at radius 3 is 2.29 bits per heavy atom. The molecule has 2 amide bonds. The number of aryl methyl sites for hydroxylation is 1. The standard InChI is InChI=1S/C18H16N2O2.C9H12N2O2/c1-11-6-2-5-9-15(11)20-18(22)14-10-12-7-3-4-8-13(12)16(19)17(14)21;1-11-9(12)6-3-4-7(10)8(5-6)13-2/h2-10,21H,19H2,1H3,(H,20,22);3-5H,10H2,1-2H3,(H,11,12). The highest BCUT2D eigenvalue weighted by Crippen LogP contribution is 2.34. The van der Waals surface area contributed by atoms with Crippen LogP contribution in [-0.2, 0) is 0 Å². The lowest BCUT2D eigenvalue weighted by Gasteiger charge is -2.12. The molecule has 0 atom stereocenters. The van der Waals surface area contributed by atoms with Crippen LogP contribution in [0.25, 0.3) is 10.8 Å². The number of hydrogen-bond donors (Lipinski definition) is 5. The lowest BCUT2D eigenvalue weighted by Crippen LogP contribution is -2.17. The van der Waals surface area contributed by atoms with Gasteiger partial charge in [-0.3, -0.25) is 9.59 Å². The summed E-state index contributed by atoms with van der Waals surface area (Å²) >= 11 is 0. The summed E-state index contributed by atoms with van der Waals surface area (Å²) in [7, 11) is 3.09. The molecule has 0 saturated heterocycles. The van der Waals surface area contributed by atoms with E-state index in [2.05, 4.69) is 10.6 Å². The molecule has 0 unspecified atom stereocenters. The Morgan fingerprint density at radius 1 is 0.914 bits per heavy atom. The molecule has 0 heterocycles. The predicted octanol–water partition coefficient (Wildman–Crippen LogP) is 4.33. The lowest BCUT2D eigenvalue weighted by atomic mass is 10.0. The molecule has 8 nitrogen and oxygen atoms in total. The van der Waals surface area contributed by atoms with Gasteiger partial charge in [0, 0.05) is 23.7 Å². The van der Waals surface area contributed by atoms with Crippen LogP contribution in [0.5, 0.6) is 11.5 Å². The maximum Gasteiger partial charge on any atom is 0.259 e. The largest absolute Gasteiger partial charge is 0.505 e. The number of carbonyl (C=O) groups is 2. The van der Waals surface area contributed by atoms with Crippen LogP contribution in [0.4, 0.5) is 17.1 Å². The van der Waals surface area contributed by atoms with E-state index in [4.69, 9.17) is 16.2 Å². The number of fused-ring (bicyclic) bond motifs is 1. The third-order valence-electron chi connectivity index (χ3n) is 5.42. The minimum Gasteiger partial charge on any atom is -0.505 e. The number of phenols is 1. The summed E-state index contributed by atoms with van der Waals surface area (Å²) in [5.41, 5.74) is 14.6. The number of nitrogens with two attached hydrogens (primary N) is 2. The van der Waals surface area contributed by atoms with Crippen molar-refractivity contribution in [2.45, 2.75) is 6.92 Å². The summed E-state index contributed by atoms with van der Waals surface area (Å²) in [6, 6.07) is 21.4. The van der Waals surface area contributed by atoms with Crippen molar-refractivity contribution < 1.29 is 19.4 Å². The lowest BCUT2D eigenvalue weighted by molar-refractivity contribution is 0.0961. The van der Waals surface area contributed by atoms with Crippen molar-refractivity contribution in [1.82, 2.24) is 5.32 Å². The molecule has 35 heavy (non-hydrogen) atoms. The number of aromatic hydroxyl groups is 1. The zero-order valence-electron chi connectivity index (χ0n) is 19.8. The number of methoxy groups -OCH3 is 1. The van der Waals surface area contributed by atoms with Gasteiger partial charge in [0.05, 0.1) is 24.0 Å². The first kappa shape index (κ1) is 24.9. The summed E-state index contributed by atoms with van der Waals surface area (Å²) < 4.78 is 4.98. The van der Waals surface area contributed by atoms with Crippen molar-refractivity contribution in [2.75, 3.05) is 30.9 Å². The maximum atomic E-state index is 12.5. The Kier molecular flexibility index (Phi) is 7.78. The Balaban J connectivity index is 0.000000225. The van der Waals surface area contributed by atoms with Crippen LogP contribution >= 0.6 is 0 Å². The SMILES string of the molecule is CNC(=O)c1ccc(N)c(OC)c1.Cc1ccccc1NC(=O)c1cc2ccccc2c(N)c1O. The van der Waals surface area contributed by atoms with Crippen molar-refractivity contribution in [2.24, 2.45) is 0 Å². The van der Waals surface area contributed by atoms with Crippen LogP contribution in [0.15, 0.2) is 72.8 Å². The highest BCUT2D eigenvalue weighted by Gasteiger charge is 2.17. The highest BCUT2D eigenvalue weighted by molar-refractivity contribution is 6.12. The summed E-state index contributed by atoms with van der Waals surface area (Å²) in [4.78, 5) is 23.6. The van der Waals surface area contributed by atoms with Crippen LogP contribution in [0.3, 0.4) is 0 Å². The quantitative estimate of drug-likeness (QED) is 0.221. The van der Waals surface area contributed by atoms with Crippen molar-refractivity contribution in [1.29, 1.82) is 0 Å². The molecule has 4 aromatic carbocycles. The molecule has 0 spiro atoms. The Hall–Kier alpha value is -4.72. The average Bonchev–Trinajstić information content (AvgIpc) is 2.87. The number of benzene rings is 4. The van der Waals surface area contributed by atoms with Crippen LogP contribution in [0, 0.1) is 6.92 Å². The highest BCUT2D eigenvalue weighted by atomic mass is 16.5. The molecule has 4 rings (SSSR count). The van der Waals surface area contributed by atoms with Gasteiger partial charge in [0.2, 0.25) is 0 Å². The normalized spacial score (nSPS) is 10.1. The molecule has 0 radical (unpaired) electrons. The number of ether oxygens (including phenoxy) is 1. The third-order valence-corrected chi connectivity index (χ3v) is 5.42. The minimum absolute atomic E-state index is 0.154. The molecule has 0 bridgehead atoms. The number of rotatable bonds is 4. The minimum atomic E-state index is -0.385. The van der Waals surface area contributed by atoms with Crippen LogP contribution in [-0.4, -0.2) is 31.1 Å². The van der Waals surface area contributed by atoms with Gasteiger partial charge in [0.15, 0.2) is 5.75 Å². The van der Waals surface area contributed by atoms with Crippen molar-refractivity contribution >= 4 is 39.6 Å². The number of carbonyl (C=O) groups excluding carboxylic acids is 2. The average molecular weight is 473 g/mol. The second-order valence-corrected chi connectivity index (χ2v) is 7.71. The molecule has 7 N–H and O–H groups in total. The topological polar surface area (TPSA) is 140 Å². The van der Waals surface area contributed by atoms with E-state index < -0.39 is 0 Å². The third kappa shape index (κ3) is 5.62. The first-order valence-corrected chi connectivity index (χ1v) is 10.8. The molecular weight excluding hydrogens is 444 g/mol. The fourth-order valence-electron chi connectivity index (χ4n) is 3.44. The van der Waals surface area contributed by atoms with E-state index in [1.54, 1.807) is 31.3 Å². The fourth-order valence-corrected chi connectivity index (χ4v) is 3.44. The molecule has 0 aliphatic heterocycles. The molecular formula is C27H28N4O4. The van der Waals surface area contributed by atoms with Gasteiger partial charge in [-0.2, -0.15) is 0 Å². The van der Waals surface area contributed by atoms with Crippen molar-refractivity contribution in [3.05, 3.63) is 89.5 Å². The van der Waals surface area contributed by atoms with E-state index in [1.807, 2.05) is 55.5 Å². The summed E-state index contributed by atoms with van der Waals surface area (Å²) in [5, 5.41) is 17.1. The Labute approximate surface area is 203 Å². The van der Waals surface area contributed by atoms with Gasteiger partial charge in [-0.25, -0.2) is 0 Å². The molecule has 8 heteroatoms. The van der Waals surface area contributed by atoms with Gasteiger partial charge in [0.25, 0.3) is 11.8 Å². The first-order valence-electron chi connectivity index (χ1n) is 10.8. The van der Waals surface area contributed by atoms with Gasteiger partial charge in [0.1, 0.15) is 5.75 Å². The zero-order chi connectivity index (χ0) is 25.5. The van der Waals surface area contributed by atoms with E-state index >= 15 is 0 Å². The maximum absolute atomic E-state index is 12.5. The summed E-state index contributed by atoms with van der Waals surface area (Å²) in [6.45, 7) is 1.91. The van der Waals surface area contributed by atoms with Crippen LogP contribution in [0.1, 0.15) is 26.3 Å². The van der Waals surface area contributed by atoms with E-state index in [-0.39, 0.29) is 28.8 Å². The van der Waals surface area contributed by atoms with Crippen molar-refractivity contribution in [3.63, 3.8) is 0 Å². The number of amides is 2. The fraction of sp³-hybridized carbons (Fsp3) is 0.111. The van der Waals surface area contributed by atoms with E-state index in [9.17, 15) is 14.7 Å². The zero-order valence-corrected chi connectivity index (χ0v) is 19.8. The first-order chi connectivity index (χ1) is 16.8. The number of hydrogen-bond acceptors (Lipinski definition) is 6. The van der Waals surface area contributed by atoms with Gasteiger partial charge >= 0.3 is 0 Å². The number of para-hydroxylation sites is 1. The van der Waals surface area contributed by atoms with Gasteiger partial charge in [-0.1, -0.05) is 42.5 Å². The van der Waals surface area contributed by atoms with E-state index in [0.29, 0.717) is 22.7 Å². The van der Waals surface area contributed by atoms with Crippen LogP contribution < -0.4 is 26.8 Å². The summed E-state index contributed by atoms with van der Waals surface area (Å²) in [6.07, 6.45) is 0. The van der Waals surface area contributed by atoms with Crippen LogP contribution in [0.2, 0.25) is 0 Å². The molecule has 0 fully saturated rings. The predicted molar refractivity (Wildman–Crippen MR) is 140 cm³/mol. The second kappa shape index (κ2) is 10.9. The summed E-state index contributed by atoms with van der Waals surface area (Å²) in [5.74, 6) is -0.214. The molecule has 0 aromatic heterocycles. The number of anilines is 3. The number of nitrogens with one attached hydrogen (secondary N) is 2. The van der Waals surface area contributed by atoms with E-state index in [1.165, 1.54) is 7.11 Å². The molecule has 4 aromatic rings. The number of nitrogen functional groups attached to an aromatic ring is 2. The molecule has 0 saturated carbocycles. The monoisotopic (exact) mass is 472 g/mol. The van der Waals surface area contributed by atoms with Gasteiger partial charge < -0.3 is 31.9 Å². The van der Waals surface area contributed by atoms with Gasteiger partial charge in [-0.05, 0) is 48.2 Å². The number of phenolic OH excluding ortho intramolecular Hbond substituents is 1. The van der Waals surface area contributed by atoms with Gasteiger partial charge in [-0.15, -0.1) is 0 Å². The van der Waals surface area contributed by atoms with Crippen molar-refractivity contribution in [3.8, 4) is 11.5 Å². The molecule has 0 aliphatic carbocycles. The van der Waals surface area contributed by atoms with E-state index in [0.717, 1.165) is 16.3 Å². The smallest absolute Gasteiger partial charge is 0.259 e.